The lowest BCUT2D eigenvalue weighted by Gasteiger charge is -2.44. The van der Waals surface area contributed by atoms with Gasteiger partial charge >= 0.3 is 0 Å². The third-order valence-electron chi connectivity index (χ3n) is 6.35. The minimum Gasteiger partial charge on any atom is -0.365 e. The van der Waals surface area contributed by atoms with E-state index in [0.29, 0.717) is 13.0 Å². The van der Waals surface area contributed by atoms with Crippen LogP contribution in [0.5, 0.6) is 0 Å². The SMILES string of the molecule is Cc1ccc(CC(=O)N2CCC3(CC2)Cn2c(-c4cccnc4)cnc2CO3)cc1. The van der Waals surface area contributed by atoms with Gasteiger partial charge in [0.05, 0.1) is 30.5 Å². The minimum atomic E-state index is -0.231. The van der Waals surface area contributed by atoms with Gasteiger partial charge in [0.2, 0.25) is 5.91 Å². The molecule has 6 heteroatoms. The molecule has 1 fully saturated rings. The van der Waals surface area contributed by atoms with Crippen molar-refractivity contribution in [2.75, 3.05) is 13.1 Å². The molecule has 0 radical (unpaired) electrons. The highest BCUT2D eigenvalue weighted by molar-refractivity contribution is 5.79. The zero-order valence-electron chi connectivity index (χ0n) is 17.3. The van der Waals surface area contributed by atoms with Crippen molar-refractivity contribution in [2.45, 2.75) is 44.9 Å². The normalized spacial score (nSPS) is 17.7. The number of hydrogen-bond donors (Lipinski definition) is 0. The van der Waals surface area contributed by atoms with Crippen LogP contribution in [0.2, 0.25) is 0 Å². The number of likely N-dealkylation sites (tertiary alicyclic amines) is 1. The molecule has 1 amide bonds. The first-order chi connectivity index (χ1) is 14.6. The predicted octanol–water partition coefficient (Wildman–Crippen LogP) is 3.39. The van der Waals surface area contributed by atoms with Gasteiger partial charge < -0.3 is 14.2 Å². The first-order valence-electron chi connectivity index (χ1n) is 10.5. The van der Waals surface area contributed by atoms with Gasteiger partial charge in [0.25, 0.3) is 0 Å². The highest BCUT2D eigenvalue weighted by atomic mass is 16.5. The monoisotopic (exact) mass is 402 g/mol. The standard InChI is InChI=1S/C24H26N4O2/c1-18-4-6-19(7-5-18)13-23(29)27-11-8-24(9-12-27)17-28-21(15-26-22(28)16-30-24)20-3-2-10-25-14-20/h2-7,10,14-15H,8-9,11-13,16-17H2,1H3. The molecule has 0 bridgehead atoms. The molecule has 0 aliphatic carbocycles. The minimum absolute atomic E-state index is 0.198. The zero-order chi connectivity index (χ0) is 20.6. The smallest absolute Gasteiger partial charge is 0.226 e. The second kappa shape index (κ2) is 7.69. The van der Waals surface area contributed by atoms with Gasteiger partial charge in [-0.25, -0.2) is 4.98 Å². The molecule has 2 aromatic heterocycles. The van der Waals surface area contributed by atoms with E-state index in [1.165, 1.54) is 5.56 Å². The maximum absolute atomic E-state index is 12.8. The van der Waals surface area contributed by atoms with Crippen LogP contribution in [0.25, 0.3) is 11.3 Å². The summed E-state index contributed by atoms with van der Waals surface area (Å²) in [6.45, 7) is 4.81. The lowest BCUT2D eigenvalue weighted by molar-refractivity contribution is -0.145. The Hall–Kier alpha value is -2.99. The van der Waals surface area contributed by atoms with E-state index in [9.17, 15) is 4.79 Å². The second-order valence-electron chi connectivity index (χ2n) is 8.40. The van der Waals surface area contributed by atoms with Gasteiger partial charge in [-0.2, -0.15) is 0 Å². The molecule has 154 valence electrons. The summed E-state index contributed by atoms with van der Waals surface area (Å²) in [5, 5.41) is 0. The van der Waals surface area contributed by atoms with E-state index in [2.05, 4.69) is 39.7 Å². The van der Waals surface area contributed by atoms with Crippen LogP contribution in [0, 0.1) is 6.92 Å². The van der Waals surface area contributed by atoms with Crippen molar-refractivity contribution >= 4 is 5.91 Å². The number of benzene rings is 1. The summed E-state index contributed by atoms with van der Waals surface area (Å²) < 4.78 is 8.57. The van der Waals surface area contributed by atoms with Crippen molar-refractivity contribution in [3.05, 3.63) is 71.9 Å². The molecule has 30 heavy (non-hydrogen) atoms. The molecule has 4 heterocycles. The Morgan fingerprint density at radius 3 is 2.67 bits per heavy atom. The van der Waals surface area contributed by atoms with Gasteiger partial charge in [-0.1, -0.05) is 29.8 Å². The molecule has 5 rings (SSSR count). The Morgan fingerprint density at radius 2 is 1.93 bits per heavy atom. The number of imidazole rings is 1. The third kappa shape index (κ3) is 3.63. The number of ether oxygens (including phenoxy) is 1. The summed E-state index contributed by atoms with van der Waals surface area (Å²) in [7, 11) is 0. The number of aryl methyl sites for hydroxylation is 1. The highest BCUT2D eigenvalue weighted by Gasteiger charge is 2.41. The first-order valence-corrected chi connectivity index (χ1v) is 10.5. The second-order valence-corrected chi connectivity index (χ2v) is 8.40. The molecule has 1 spiro atoms. The van der Waals surface area contributed by atoms with Crippen LogP contribution < -0.4 is 0 Å². The van der Waals surface area contributed by atoms with Crippen molar-refractivity contribution in [1.29, 1.82) is 0 Å². The van der Waals surface area contributed by atoms with Crippen molar-refractivity contribution in [1.82, 2.24) is 19.4 Å². The lowest BCUT2D eigenvalue weighted by Crippen LogP contribution is -2.52. The zero-order valence-corrected chi connectivity index (χ0v) is 17.3. The number of piperidine rings is 1. The van der Waals surface area contributed by atoms with Crippen molar-refractivity contribution in [3.63, 3.8) is 0 Å². The van der Waals surface area contributed by atoms with E-state index in [4.69, 9.17) is 4.74 Å². The van der Waals surface area contributed by atoms with E-state index < -0.39 is 0 Å². The molecular formula is C24H26N4O2. The maximum atomic E-state index is 12.8. The molecule has 0 unspecified atom stereocenters. The molecule has 0 saturated carbocycles. The average molecular weight is 402 g/mol. The Kier molecular flexibility index (Phi) is 4.87. The summed E-state index contributed by atoms with van der Waals surface area (Å²) in [5.41, 5.74) is 4.21. The fourth-order valence-electron chi connectivity index (χ4n) is 4.46. The van der Waals surface area contributed by atoms with Crippen LogP contribution in [-0.4, -0.2) is 44.0 Å². The number of hydrogen-bond acceptors (Lipinski definition) is 4. The van der Waals surface area contributed by atoms with Gasteiger partial charge in [0.1, 0.15) is 12.4 Å². The Balaban J connectivity index is 1.26. The average Bonchev–Trinajstić information content (AvgIpc) is 3.19. The van der Waals surface area contributed by atoms with Crippen molar-refractivity contribution in [2.24, 2.45) is 0 Å². The number of carbonyl (C=O) groups excluding carboxylic acids is 1. The van der Waals surface area contributed by atoms with Gasteiger partial charge in [-0.15, -0.1) is 0 Å². The fourth-order valence-corrected chi connectivity index (χ4v) is 4.46. The third-order valence-corrected chi connectivity index (χ3v) is 6.35. The summed E-state index contributed by atoms with van der Waals surface area (Å²) >= 11 is 0. The quantitative estimate of drug-likeness (QED) is 0.674. The Morgan fingerprint density at radius 1 is 1.13 bits per heavy atom. The molecule has 3 aromatic rings. The Labute approximate surface area is 176 Å². The molecule has 0 N–H and O–H groups in total. The van der Waals surface area contributed by atoms with Crippen molar-refractivity contribution < 1.29 is 9.53 Å². The molecule has 0 atom stereocenters. The largest absolute Gasteiger partial charge is 0.365 e. The lowest BCUT2D eigenvalue weighted by atomic mass is 9.89. The maximum Gasteiger partial charge on any atom is 0.226 e. The number of pyridine rings is 1. The van der Waals surface area contributed by atoms with Crippen LogP contribution in [0.1, 0.15) is 29.8 Å². The number of fused-ring (bicyclic) bond motifs is 1. The number of nitrogens with zero attached hydrogens (tertiary/aromatic N) is 4. The molecular weight excluding hydrogens is 376 g/mol. The van der Waals surface area contributed by atoms with E-state index in [1.807, 2.05) is 35.5 Å². The molecule has 1 aromatic carbocycles. The van der Waals surface area contributed by atoms with Gasteiger partial charge in [0.15, 0.2) is 0 Å². The number of amides is 1. The van der Waals surface area contributed by atoms with E-state index >= 15 is 0 Å². The van der Waals surface area contributed by atoms with E-state index in [0.717, 1.165) is 55.1 Å². The summed E-state index contributed by atoms with van der Waals surface area (Å²) in [6.07, 6.45) is 7.72. The highest BCUT2D eigenvalue weighted by Crippen LogP contribution is 2.35. The van der Waals surface area contributed by atoms with Crippen LogP contribution in [0.15, 0.2) is 55.0 Å². The molecule has 6 nitrogen and oxygen atoms in total. The van der Waals surface area contributed by atoms with Gasteiger partial charge in [0, 0.05) is 31.0 Å². The van der Waals surface area contributed by atoms with Gasteiger partial charge in [-0.05, 0) is 37.5 Å². The molecule has 2 aliphatic rings. The number of aromatic nitrogens is 3. The fraction of sp³-hybridized carbons (Fsp3) is 0.375. The summed E-state index contributed by atoms with van der Waals surface area (Å²) in [5.74, 6) is 1.15. The Bertz CT molecular complexity index is 1030. The van der Waals surface area contributed by atoms with Crippen LogP contribution in [-0.2, 0) is 29.1 Å². The van der Waals surface area contributed by atoms with Gasteiger partial charge in [-0.3, -0.25) is 9.78 Å². The summed E-state index contributed by atoms with van der Waals surface area (Å²) in [4.78, 5) is 23.6. The van der Waals surface area contributed by atoms with Crippen LogP contribution in [0.3, 0.4) is 0 Å². The van der Waals surface area contributed by atoms with E-state index in [1.54, 1.807) is 6.20 Å². The van der Waals surface area contributed by atoms with Crippen LogP contribution in [0.4, 0.5) is 0 Å². The molecule has 2 aliphatic heterocycles. The van der Waals surface area contributed by atoms with Crippen LogP contribution >= 0.6 is 0 Å². The summed E-state index contributed by atoms with van der Waals surface area (Å²) in [6, 6.07) is 12.2. The topological polar surface area (TPSA) is 60.2 Å². The first kappa shape index (κ1) is 19.0. The van der Waals surface area contributed by atoms with Crippen molar-refractivity contribution in [3.8, 4) is 11.3 Å². The predicted molar refractivity (Wildman–Crippen MR) is 114 cm³/mol. The van der Waals surface area contributed by atoms with E-state index in [-0.39, 0.29) is 11.5 Å². The number of carbonyl (C=O) groups is 1. The molecule has 1 saturated heterocycles. The number of rotatable bonds is 3.